The Morgan fingerprint density at radius 2 is 0.471 bits per heavy atom. The molecular formula is C80H74N8O16. The van der Waals surface area contributed by atoms with Gasteiger partial charge in [0.15, 0.2) is 11.6 Å². The molecule has 0 spiro atoms. The largest absolute Gasteiger partial charge is 0.478 e. The summed E-state index contributed by atoms with van der Waals surface area (Å²) in [5.74, 6) is -3.19. The average molecular weight is 1400 g/mol. The first kappa shape index (κ1) is 78.4. The average Bonchev–Trinajstić information content (AvgIpc) is 0.837. The summed E-state index contributed by atoms with van der Waals surface area (Å²) in [6, 6.07) is 72.6. The maximum atomic E-state index is 13.0. The molecule has 0 atom stereocenters. The molecule has 0 bridgehead atoms. The number of nitrogens with one attached hydrogen (secondary N) is 5. The fraction of sp³-hybridized carbons (Fsp3) is 0.0625. The molecule has 104 heavy (non-hydrogen) atoms. The molecular weight excluding hydrogens is 1330 g/mol. The second kappa shape index (κ2) is 38.6. The van der Waals surface area contributed by atoms with E-state index >= 15 is 0 Å². The molecule has 530 valence electrons. The number of carboxylic acid groups (broad SMARTS) is 4. The second-order valence-electron chi connectivity index (χ2n) is 21.9. The Kier molecular flexibility index (Phi) is 29.1. The number of hydrogen-bond acceptors (Lipinski definition) is 17. The topological polar surface area (TPSA) is 400 Å². The Morgan fingerprint density at radius 1 is 0.269 bits per heavy atom. The zero-order chi connectivity index (χ0) is 74.5. The van der Waals surface area contributed by atoms with Crippen LogP contribution in [0.5, 0.6) is 34.5 Å². The summed E-state index contributed by atoms with van der Waals surface area (Å²) in [5, 5.41) is 49.4. The van der Waals surface area contributed by atoms with E-state index in [9.17, 15) is 48.3 Å². The highest BCUT2D eigenvalue weighted by molar-refractivity contribution is 6.11. The molecule has 0 radical (unpaired) electrons. The third kappa shape index (κ3) is 25.1. The number of aromatic carboxylic acids is 4. The van der Waals surface area contributed by atoms with Crippen LogP contribution in [0.15, 0.2) is 261 Å². The summed E-state index contributed by atoms with van der Waals surface area (Å²) < 4.78 is 17.2. The normalized spacial score (nSPS) is 9.88. The van der Waals surface area contributed by atoms with Gasteiger partial charge in [-0.05, 0) is 238 Å². The molecule has 0 aromatic heterocycles. The van der Waals surface area contributed by atoms with Crippen molar-refractivity contribution in [3.63, 3.8) is 0 Å². The van der Waals surface area contributed by atoms with Crippen molar-refractivity contribution in [3.8, 4) is 34.5 Å². The van der Waals surface area contributed by atoms with Gasteiger partial charge >= 0.3 is 23.9 Å². The van der Waals surface area contributed by atoms with Gasteiger partial charge in [0, 0.05) is 87.4 Å². The van der Waals surface area contributed by atoms with E-state index in [0.29, 0.717) is 40.1 Å². The van der Waals surface area contributed by atoms with Crippen molar-refractivity contribution in [1.29, 1.82) is 0 Å². The molecule has 11 aromatic carbocycles. The van der Waals surface area contributed by atoms with Crippen LogP contribution >= 0.6 is 0 Å². The Balaban J connectivity index is 0.000000222. The van der Waals surface area contributed by atoms with Crippen LogP contribution in [0.25, 0.3) is 0 Å². The third-order valence-corrected chi connectivity index (χ3v) is 14.2. The number of nitrogens with two attached hydrogens (primary N) is 3. The minimum Gasteiger partial charge on any atom is -0.478 e. The van der Waals surface area contributed by atoms with Gasteiger partial charge in [0.2, 0.25) is 0 Å². The number of ether oxygens (including phenoxy) is 3. The van der Waals surface area contributed by atoms with E-state index in [0.717, 1.165) is 58.1 Å². The smallest absolute Gasteiger partial charge is 0.335 e. The first-order chi connectivity index (χ1) is 49.3. The molecule has 0 aliphatic heterocycles. The molecule has 11 rings (SSSR count). The van der Waals surface area contributed by atoms with Gasteiger partial charge in [-0.15, -0.1) is 0 Å². The zero-order valence-electron chi connectivity index (χ0n) is 55.7. The molecule has 0 heterocycles. The first-order valence-corrected chi connectivity index (χ1v) is 31.0. The number of amides is 3. The van der Waals surface area contributed by atoms with Gasteiger partial charge in [0.1, 0.15) is 34.5 Å². The lowest BCUT2D eigenvalue weighted by atomic mass is 10.0. The van der Waals surface area contributed by atoms with Crippen LogP contribution in [0.3, 0.4) is 0 Å². The van der Waals surface area contributed by atoms with E-state index < -0.39 is 41.6 Å². The van der Waals surface area contributed by atoms with Crippen molar-refractivity contribution < 1.29 is 77.8 Å². The lowest BCUT2D eigenvalue weighted by Gasteiger charge is -2.11. The Labute approximate surface area is 598 Å². The quantitative estimate of drug-likeness (QED) is 0.0249. The van der Waals surface area contributed by atoms with Crippen LogP contribution in [-0.4, -0.2) is 87.7 Å². The number of para-hydroxylation sites is 2. The van der Waals surface area contributed by atoms with Crippen molar-refractivity contribution in [2.24, 2.45) is 0 Å². The number of Topliss-reactive ketones (excluding diaryl/α,β-unsaturated/α-hetero) is 2. The highest BCUT2D eigenvalue weighted by atomic mass is 16.5. The number of carbonyl (C=O) groups excluding carboxylic acids is 5. The number of hydrogen-bond donors (Lipinski definition) is 12. The first-order valence-electron chi connectivity index (χ1n) is 31.0. The van der Waals surface area contributed by atoms with Gasteiger partial charge in [-0.2, -0.15) is 0 Å². The Morgan fingerprint density at radius 3 is 0.712 bits per heavy atom. The lowest BCUT2D eigenvalue weighted by molar-refractivity contribution is 0.0678. The van der Waals surface area contributed by atoms with Crippen molar-refractivity contribution in [3.05, 3.63) is 311 Å². The minimum atomic E-state index is -1.37. The number of carboxylic acids is 4. The number of nitrogen functional groups attached to an aromatic ring is 3. The second-order valence-corrected chi connectivity index (χ2v) is 21.9. The number of carbonyl (C=O) groups is 9. The molecule has 11 aromatic rings. The molecule has 24 heteroatoms. The van der Waals surface area contributed by atoms with E-state index in [1.54, 1.807) is 97.1 Å². The summed E-state index contributed by atoms with van der Waals surface area (Å²) in [5.41, 5.74) is 22.1. The van der Waals surface area contributed by atoms with Crippen molar-refractivity contribution in [2.45, 2.75) is 21.3 Å². The molecule has 0 fully saturated rings. The lowest BCUT2D eigenvalue weighted by Crippen LogP contribution is -2.17. The van der Waals surface area contributed by atoms with E-state index in [1.165, 1.54) is 50.2 Å². The predicted octanol–water partition coefficient (Wildman–Crippen LogP) is 16.2. The van der Waals surface area contributed by atoms with Crippen LogP contribution in [0.2, 0.25) is 0 Å². The molecule has 15 N–H and O–H groups in total. The molecule has 0 saturated carbocycles. The predicted molar refractivity (Wildman–Crippen MR) is 402 cm³/mol. The van der Waals surface area contributed by atoms with Gasteiger partial charge in [-0.25, -0.2) is 19.2 Å². The highest BCUT2D eigenvalue weighted by Crippen LogP contribution is 2.28. The zero-order valence-corrected chi connectivity index (χ0v) is 55.7. The summed E-state index contributed by atoms with van der Waals surface area (Å²) in [7, 11) is 3.68. The van der Waals surface area contributed by atoms with Gasteiger partial charge in [-0.3, -0.25) is 24.0 Å². The number of ketones is 2. The van der Waals surface area contributed by atoms with Crippen LogP contribution < -0.4 is 58.0 Å². The maximum Gasteiger partial charge on any atom is 0.335 e. The molecule has 0 unspecified atom stereocenters. The summed E-state index contributed by atoms with van der Waals surface area (Å²) in [6.07, 6.45) is 0. The van der Waals surface area contributed by atoms with Gasteiger partial charge < -0.3 is 78.4 Å². The molecule has 24 nitrogen and oxygen atoms in total. The van der Waals surface area contributed by atoms with Crippen LogP contribution in [0.1, 0.15) is 114 Å². The van der Waals surface area contributed by atoms with Crippen molar-refractivity contribution in [2.75, 3.05) is 57.9 Å². The maximum absolute atomic E-state index is 13.0. The SMILES string of the molecule is C.CNc1ccc(Oc2ccc(NC(=O)c3cc(C(C)=O)cc(C(=O)Nc4ccccc4)c3)cc2)cc1.CNc1ccc(Oc2ccc(NC(=O)c3cc(C(C)=O)cc(C(=O)O)c3)cc2)cc1.Nc1ccc(Oc2ccc(N)cc2)cc1.Nc1ccccc1.O=C(O)c1cc(C(=O)O)cc(C(=O)O)c1. The van der Waals surface area contributed by atoms with E-state index in [2.05, 4.69) is 26.6 Å². The Hall–Kier alpha value is -14.6. The van der Waals surface area contributed by atoms with Crippen LogP contribution in [0, 0.1) is 0 Å². The third-order valence-electron chi connectivity index (χ3n) is 14.2. The van der Waals surface area contributed by atoms with E-state index in [1.807, 2.05) is 123 Å². The van der Waals surface area contributed by atoms with Crippen LogP contribution in [0.4, 0.5) is 45.5 Å². The van der Waals surface area contributed by atoms with E-state index in [4.69, 9.17) is 46.7 Å². The monoisotopic (exact) mass is 1400 g/mol. The standard InChI is InChI=1S/C29H25N3O4.C23H20N2O5.C12H12N2O.C9H6O6.C6H7N.CH4/c1-19(33)20-16-21(28(34)31-24-6-4-3-5-7-24)18-22(17-20)29(35)32-25-10-14-27(15-11-25)36-26-12-8-23(30-2)9-13-26;1-14(26)15-11-16(13-17(12-15)23(28)29)22(27)25-19-5-9-21(10-6-19)30-20-7-3-18(24-2)4-8-20;13-9-1-5-11(6-2-9)15-12-7-3-10(14)4-8-12;10-7(11)4-1-5(8(12)13)3-6(2-4)9(14)15;7-6-4-2-1-3-5-6;/h3-18,30H,1-2H3,(H,31,34)(H,32,35);3-13,24H,1-2H3,(H,25,27)(H,28,29);1-8H,13-14H2;1-3H,(H,10,11)(H,12,13)(H,14,15);1-5H,7H2;1H4. The van der Waals surface area contributed by atoms with Crippen molar-refractivity contribution >= 4 is 98.7 Å². The number of benzene rings is 11. The molecule has 3 amide bonds. The minimum absolute atomic E-state index is 0. The molecule has 0 saturated heterocycles. The van der Waals surface area contributed by atoms with Crippen LogP contribution in [-0.2, 0) is 0 Å². The number of anilines is 8. The molecule has 0 aliphatic rings. The Bertz CT molecular complexity index is 4620. The van der Waals surface area contributed by atoms with Gasteiger partial charge in [-0.1, -0.05) is 43.8 Å². The number of rotatable bonds is 20. The summed E-state index contributed by atoms with van der Waals surface area (Å²) in [6.45, 7) is 2.70. The van der Waals surface area contributed by atoms with E-state index in [-0.39, 0.29) is 69.1 Å². The van der Waals surface area contributed by atoms with Gasteiger partial charge in [0.05, 0.1) is 22.3 Å². The molecule has 0 aliphatic carbocycles. The van der Waals surface area contributed by atoms with Crippen molar-refractivity contribution in [1.82, 2.24) is 0 Å². The highest BCUT2D eigenvalue weighted by Gasteiger charge is 2.19. The fourth-order valence-corrected chi connectivity index (χ4v) is 8.83. The summed E-state index contributed by atoms with van der Waals surface area (Å²) >= 11 is 0. The fourth-order valence-electron chi connectivity index (χ4n) is 8.83. The van der Waals surface area contributed by atoms with Gasteiger partial charge in [0.25, 0.3) is 17.7 Å². The summed E-state index contributed by atoms with van der Waals surface area (Å²) in [4.78, 5) is 105.